The Morgan fingerprint density at radius 1 is 1.21 bits per heavy atom. The van der Waals surface area contributed by atoms with Gasteiger partial charge in [0.2, 0.25) is 0 Å². The van der Waals surface area contributed by atoms with E-state index in [9.17, 15) is 0 Å². The number of hydrogen-bond donors (Lipinski definition) is 1. The molecular weight excluding hydrogens is 234 g/mol. The van der Waals surface area contributed by atoms with E-state index in [-0.39, 0.29) is 0 Å². The van der Waals surface area contributed by atoms with Crippen LogP contribution in [0.5, 0.6) is 0 Å². The molecule has 3 nitrogen and oxygen atoms in total. The van der Waals surface area contributed by atoms with Gasteiger partial charge in [0.05, 0.1) is 11.7 Å². The van der Waals surface area contributed by atoms with Crippen LogP contribution >= 0.6 is 0 Å². The van der Waals surface area contributed by atoms with E-state index in [1.54, 1.807) is 0 Å². The molecule has 1 saturated carbocycles. The Balaban J connectivity index is 1.84. The first-order chi connectivity index (χ1) is 9.34. The van der Waals surface area contributed by atoms with E-state index in [0.29, 0.717) is 6.04 Å². The van der Waals surface area contributed by atoms with Gasteiger partial charge in [0.15, 0.2) is 0 Å². The number of benzene rings is 1. The molecule has 1 aliphatic heterocycles. The zero-order chi connectivity index (χ0) is 12.8. The van der Waals surface area contributed by atoms with Gasteiger partial charge in [-0.3, -0.25) is 0 Å². The van der Waals surface area contributed by atoms with Crippen LogP contribution < -0.4 is 5.32 Å². The summed E-state index contributed by atoms with van der Waals surface area (Å²) in [5.74, 6) is 2.01. The Morgan fingerprint density at radius 3 is 2.89 bits per heavy atom. The number of nitrogens with one attached hydrogen (secondary N) is 1. The molecule has 1 N–H and O–H groups in total. The van der Waals surface area contributed by atoms with Crippen molar-refractivity contribution in [3.8, 4) is 11.3 Å². The van der Waals surface area contributed by atoms with Crippen molar-refractivity contribution in [1.82, 2.24) is 9.78 Å². The lowest BCUT2D eigenvalue weighted by molar-refractivity contribution is 0.348. The number of hydrogen-bond acceptors (Lipinski definition) is 2. The third kappa shape index (κ3) is 1.61. The van der Waals surface area contributed by atoms with Crippen LogP contribution in [0.2, 0.25) is 0 Å². The lowest BCUT2D eigenvalue weighted by Crippen LogP contribution is -2.29. The summed E-state index contributed by atoms with van der Waals surface area (Å²) < 4.78 is 2.26. The highest BCUT2D eigenvalue weighted by atomic mass is 15.4. The van der Waals surface area contributed by atoms with Crippen molar-refractivity contribution in [2.75, 3.05) is 11.9 Å². The molecule has 0 bridgehead atoms. The van der Waals surface area contributed by atoms with Crippen molar-refractivity contribution in [3.05, 3.63) is 35.9 Å². The van der Waals surface area contributed by atoms with Gasteiger partial charge in [-0.05, 0) is 25.7 Å². The summed E-state index contributed by atoms with van der Waals surface area (Å²) in [7, 11) is 0. The average molecular weight is 253 g/mol. The minimum Gasteiger partial charge on any atom is -0.370 e. The van der Waals surface area contributed by atoms with Crippen molar-refractivity contribution in [2.24, 2.45) is 5.92 Å². The third-order valence-corrected chi connectivity index (χ3v) is 4.66. The van der Waals surface area contributed by atoms with E-state index in [4.69, 9.17) is 5.10 Å². The summed E-state index contributed by atoms with van der Waals surface area (Å²) in [6.07, 6.45) is 3.97. The Kier molecular flexibility index (Phi) is 2.40. The van der Waals surface area contributed by atoms with Crippen LogP contribution in [0.3, 0.4) is 0 Å². The van der Waals surface area contributed by atoms with Crippen molar-refractivity contribution < 1.29 is 0 Å². The molecule has 0 amide bonds. The van der Waals surface area contributed by atoms with Crippen LogP contribution in [0.15, 0.2) is 30.3 Å². The first-order valence-corrected chi connectivity index (χ1v) is 7.23. The molecular formula is C16H19N3. The van der Waals surface area contributed by atoms with Gasteiger partial charge in [-0.25, -0.2) is 4.68 Å². The lowest BCUT2D eigenvalue weighted by Gasteiger charge is -2.28. The van der Waals surface area contributed by atoms with Gasteiger partial charge in [-0.15, -0.1) is 0 Å². The number of nitrogens with zero attached hydrogens (tertiary/aromatic N) is 2. The Labute approximate surface area is 113 Å². The SMILES string of the molecule is Cc1c(-c2ccccc2)nn2c1NCC1CCCC12. The number of aromatic nitrogens is 2. The van der Waals surface area contributed by atoms with E-state index in [1.165, 1.54) is 36.2 Å². The Morgan fingerprint density at radius 2 is 2.05 bits per heavy atom. The normalized spacial score (nSPS) is 24.7. The van der Waals surface area contributed by atoms with Gasteiger partial charge in [0.1, 0.15) is 5.82 Å². The molecule has 98 valence electrons. The minimum atomic E-state index is 0.618. The highest BCUT2D eigenvalue weighted by Crippen LogP contribution is 2.43. The zero-order valence-electron chi connectivity index (χ0n) is 11.3. The summed E-state index contributed by atoms with van der Waals surface area (Å²) >= 11 is 0. The molecule has 1 aromatic carbocycles. The molecule has 2 aromatic rings. The fourth-order valence-electron chi connectivity index (χ4n) is 3.65. The second-order valence-corrected chi connectivity index (χ2v) is 5.77. The number of anilines is 1. The summed E-state index contributed by atoms with van der Waals surface area (Å²) in [4.78, 5) is 0. The summed E-state index contributed by atoms with van der Waals surface area (Å²) in [6, 6.07) is 11.1. The first-order valence-electron chi connectivity index (χ1n) is 7.23. The van der Waals surface area contributed by atoms with Gasteiger partial charge in [-0.1, -0.05) is 36.8 Å². The number of rotatable bonds is 1. The van der Waals surface area contributed by atoms with E-state index in [1.807, 2.05) is 0 Å². The molecule has 2 heterocycles. The van der Waals surface area contributed by atoms with Crippen LogP contribution in [0.25, 0.3) is 11.3 Å². The molecule has 1 aliphatic carbocycles. The third-order valence-electron chi connectivity index (χ3n) is 4.66. The van der Waals surface area contributed by atoms with Crippen LogP contribution in [-0.2, 0) is 0 Å². The van der Waals surface area contributed by atoms with Crippen LogP contribution in [0, 0.1) is 12.8 Å². The van der Waals surface area contributed by atoms with E-state index >= 15 is 0 Å². The van der Waals surface area contributed by atoms with E-state index < -0.39 is 0 Å². The van der Waals surface area contributed by atoms with Crippen LogP contribution in [-0.4, -0.2) is 16.3 Å². The topological polar surface area (TPSA) is 29.9 Å². The maximum Gasteiger partial charge on any atom is 0.128 e. The molecule has 2 aliphatic rings. The summed E-state index contributed by atoms with van der Waals surface area (Å²) in [5, 5.41) is 8.51. The fraction of sp³-hybridized carbons (Fsp3) is 0.438. The van der Waals surface area contributed by atoms with Crippen molar-refractivity contribution >= 4 is 5.82 Å². The van der Waals surface area contributed by atoms with Gasteiger partial charge in [0, 0.05) is 17.7 Å². The standard InChI is InChI=1S/C16H19N3/c1-11-15(12-6-3-2-4-7-12)18-19-14-9-5-8-13(14)10-17-16(11)19/h2-4,6-7,13-14,17H,5,8-10H2,1H3. The summed E-state index contributed by atoms with van der Waals surface area (Å²) in [6.45, 7) is 3.30. The molecule has 2 unspecified atom stereocenters. The molecule has 1 aromatic heterocycles. The van der Waals surface area contributed by atoms with Crippen molar-refractivity contribution in [2.45, 2.75) is 32.2 Å². The molecule has 3 heteroatoms. The largest absolute Gasteiger partial charge is 0.370 e. The van der Waals surface area contributed by atoms with Gasteiger partial charge in [-0.2, -0.15) is 5.10 Å². The summed E-state index contributed by atoms with van der Waals surface area (Å²) in [5.41, 5.74) is 3.64. The zero-order valence-corrected chi connectivity index (χ0v) is 11.3. The van der Waals surface area contributed by atoms with Gasteiger partial charge >= 0.3 is 0 Å². The van der Waals surface area contributed by atoms with Gasteiger partial charge < -0.3 is 5.32 Å². The first kappa shape index (κ1) is 11.1. The highest BCUT2D eigenvalue weighted by molar-refractivity contribution is 5.69. The average Bonchev–Trinajstić information content (AvgIpc) is 3.04. The number of fused-ring (bicyclic) bond motifs is 3. The molecule has 2 atom stereocenters. The van der Waals surface area contributed by atoms with Crippen molar-refractivity contribution in [3.63, 3.8) is 0 Å². The van der Waals surface area contributed by atoms with Crippen molar-refractivity contribution in [1.29, 1.82) is 0 Å². The maximum atomic E-state index is 4.92. The second kappa shape index (κ2) is 4.12. The molecule has 0 saturated heterocycles. The Bertz CT molecular complexity index is 600. The van der Waals surface area contributed by atoms with Crippen LogP contribution in [0.4, 0.5) is 5.82 Å². The van der Waals surface area contributed by atoms with E-state index in [0.717, 1.165) is 18.2 Å². The quantitative estimate of drug-likeness (QED) is 0.841. The smallest absolute Gasteiger partial charge is 0.128 e. The molecule has 1 fully saturated rings. The lowest BCUT2D eigenvalue weighted by atomic mass is 10.0. The predicted octanol–water partition coefficient (Wildman–Crippen LogP) is 3.63. The predicted molar refractivity (Wildman–Crippen MR) is 77.3 cm³/mol. The second-order valence-electron chi connectivity index (χ2n) is 5.77. The molecule has 4 rings (SSSR count). The maximum absolute atomic E-state index is 4.92. The molecule has 0 radical (unpaired) electrons. The molecule has 19 heavy (non-hydrogen) atoms. The Hall–Kier alpha value is -1.77. The van der Waals surface area contributed by atoms with Crippen LogP contribution in [0.1, 0.15) is 30.9 Å². The van der Waals surface area contributed by atoms with E-state index in [2.05, 4.69) is 47.3 Å². The fourth-order valence-corrected chi connectivity index (χ4v) is 3.65. The molecule has 0 spiro atoms. The highest BCUT2D eigenvalue weighted by Gasteiger charge is 2.35. The monoisotopic (exact) mass is 253 g/mol. The minimum absolute atomic E-state index is 0.618. The van der Waals surface area contributed by atoms with Gasteiger partial charge in [0.25, 0.3) is 0 Å².